The lowest BCUT2D eigenvalue weighted by atomic mass is 10.1. The van der Waals surface area contributed by atoms with E-state index in [1.165, 1.54) is 36.6 Å². The second kappa shape index (κ2) is 9.56. The van der Waals surface area contributed by atoms with Crippen molar-refractivity contribution in [1.29, 1.82) is 0 Å². The van der Waals surface area contributed by atoms with Crippen molar-refractivity contribution in [1.82, 2.24) is 20.4 Å². The fourth-order valence-corrected chi connectivity index (χ4v) is 5.47. The molecule has 1 unspecified atom stereocenters. The summed E-state index contributed by atoms with van der Waals surface area (Å²) in [5.41, 5.74) is 3.97. The number of anilines is 2. The molecule has 0 saturated carbocycles. The number of piperidine rings is 1. The molecule has 3 N–H and O–H groups in total. The van der Waals surface area contributed by atoms with Crippen LogP contribution in [0.4, 0.5) is 11.4 Å². The third-order valence-corrected chi connectivity index (χ3v) is 7.50. The standard InChI is InChI=1S/C23H30N6O2S/c30-22(23(24-6-13-32-23)19-15-25-26-16-19)27-20-14-18(17-28-9-11-31-12-10-28)4-5-21(20)29-7-2-1-3-8-29/h4-6,13-16,24H,1-3,7-12,17H2,(H,25,26)(H,27,30). The van der Waals surface area contributed by atoms with Crippen molar-refractivity contribution in [3.63, 3.8) is 0 Å². The molecule has 0 radical (unpaired) electrons. The van der Waals surface area contributed by atoms with Gasteiger partial charge >= 0.3 is 0 Å². The predicted octanol–water partition coefficient (Wildman–Crippen LogP) is 2.83. The fraction of sp³-hybridized carbons (Fsp3) is 0.478. The number of nitrogens with zero attached hydrogens (tertiary/aromatic N) is 3. The third kappa shape index (κ3) is 4.37. The largest absolute Gasteiger partial charge is 0.379 e. The van der Waals surface area contributed by atoms with Crippen molar-refractivity contribution in [2.24, 2.45) is 0 Å². The minimum Gasteiger partial charge on any atom is -0.379 e. The summed E-state index contributed by atoms with van der Waals surface area (Å²) in [4.78, 5) is 17.5. The van der Waals surface area contributed by atoms with Gasteiger partial charge in [0, 0.05) is 50.7 Å². The highest BCUT2D eigenvalue weighted by Gasteiger charge is 2.43. The van der Waals surface area contributed by atoms with E-state index in [4.69, 9.17) is 4.74 Å². The van der Waals surface area contributed by atoms with Crippen molar-refractivity contribution in [2.75, 3.05) is 49.6 Å². The first kappa shape index (κ1) is 21.4. The second-order valence-corrected chi connectivity index (χ2v) is 9.60. The maximum atomic E-state index is 13.6. The number of carbonyl (C=O) groups is 1. The average Bonchev–Trinajstić information content (AvgIpc) is 3.54. The number of rotatable bonds is 6. The predicted molar refractivity (Wildman–Crippen MR) is 127 cm³/mol. The number of nitrogens with one attached hydrogen (secondary N) is 3. The number of aromatic amines is 1. The maximum Gasteiger partial charge on any atom is 0.265 e. The van der Waals surface area contributed by atoms with Crippen LogP contribution in [0.3, 0.4) is 0 Å². The van der Waals surface area contributed by atoms with Gasteiger partial charge in [0.2, 0.25) is 0 Å². The van der Waals surface area contributed by atoms with Gasteiger partial charge < -0.3 is 20.3 Å². The highest BCUT2D eigenvalue weighted by molar-refractivity contribution is 8.04. The molecule has 0 spiro atoms. The van der Waals surface area contributed by atoms with Gasteiger partial charge in [-0.05, 0) is 42.4 Å². The molecule has 2 saturated heterocycles. The molecule has 1 aromatic carbocycles. The molecule has 3 aliphatic heterocycles. The molecule has 9 heteroatoms. The van der Waals surface area contributed by atoms with Crippen LogP contribution < -0.4 is 15.5 Å². The lowest BCUT2D eigenvalue weighted by Gasteiger charge is -2.33. The van der Waals surface area contributed by atoms with E-state index in [-0.39, 0.29) is 5.91 Å². The molecule has 5 rings (SSSR count). The quantitative estimate of drug-likeness (QED) is 0.619. The van der Waals surface area contributed by atoms with E-state index in [0.717, 1.165) is 62.9 Å². The van der Waals surface area contributed by atoms with Crippen LogP contribution in [0.25, 0.3) is 0 Å². The van der Waals surface area contributed by atoms with Gasteiger partial charge in [-0.25, -0.2) is 0 Å². The highest BCUT2D eigenvalue weighted by atomic mass is 32.2. The summed E-state index contributed by atoms with van der Waals surface area (Å²) in [5, 5.41) is 15.3. The van der Waals surface area contributed by atoms with Crippen LogP contribution in [0, 0.1) is 0 Å². The van der Waals surface area contributed by atoms with Crippen molar-refractivity contribution in [2.45, 2.75) is 30.7 Å². The first-order valence-corrected chi connectivity index (χ1v) is 12.2. The Balaban J connectivity index is 1.42. The molecule has 2 aromatic rings. The van der Waals surface area contributed by atoms with Gasteiger partial charge in [0.05, 0.1) is 30.8 Å². The molecule has 32 heavy (non-hydrogen) atoms. The highest BCUT2D eigenvalue weighted by Crippen LogP contribution is 2.40. The van der Waals surface area contributed by atoms with E-state index in [1.54, 1.807) is 12.4 Å². The number of thioether (sulfide) groups is 1. The van der Waals surface area contributed by atoms with Gasteiger partial charge in [0.15, 0.2) is 4.87 Å². The minimum absolute atomic E-state index is 0.101. The Labute approximate surface area is 192 Å². The summed E-state index contributed by atoms with van der Waals surface area (Å²) in [6.07, 6.45) is 8.92. The number of benzene rings is 1. The molecule has 0 bridgehead atoms. The number of H-pyrrole nitrogens is 1. The van der Waals surface area contributed by atoms with Crippen LogP contribution in [0.5, 0.6) is 0 Å². The maximum absolute atomic E-state index is 13.6. The fourth-order valence-electron chi connectivity index (χ4n) is 4.59. The van der Waals surface area contributed by atoms with Gasteiger partial charge in [-0.1, -0.05) is 17.8 Å². The Hall–Kier alpha value is -2.49. The Morgan fingerprint density at radius 2 is 2.03 bits per heavy atom. The minimum atomic E-state index is -0.924. The normalized spacial score (nSPS) is 23.8. The van der Waals surface area contributed by atoms with Crippen LogP contribution in [0.1, 0.15) is 30.4 Å². The molecule has 1 aromatic heterocycles. The molecule has 3 aliphatic rings. The van der Waals surface area contributed by atoms with Gasteiger partial charge in [-0.2, -0.15) is 5.10 Å². The van der Waals surface area contributed by atoms with Crippen LogP contribution in [-0.4, -0.2) is 60.4 Å². The Morgan fingerprint density at radius 1 is 1.19 bits per heavy atom. The van der Waals surface area contributed by atoms with E-state index in [1.807, 2.05) is 11.6 Å². The van der Waals surface area contributed by atoms with Crippen molar-refractivity contribution in [3.8, 4) is 0 Å². The molecule has 170 valence electrons. The van der Waals surface area contributed by atoms with E-state index in [2.05, 4.69) is 48.8 Å². The number of ether oxygens (including phenoxy) is 1. The number of morpholine rings is 1. The number of aromatic nitrogens is 2. The first-order chi connectivity index (χ1) is 15.7. The zero-order valence-corrected chi connectivity index (χ0v) is 19.0. The summed E-state index contributed by atoms with van der Waals surface area (Å²) in [5.74, 6) is -0.101. The van der Waals surface area contributed by atoms with Gasteiger partial charge in [-0.15, -0.1) is 0 Å². The second-order valence-electron chi connectivity index (χ2n) is 8.47. The molecule has 1 atom stereocenters. The third-order valence-electron chi connectivity index (χ3n) is 6.34. The zero-order chi connectivity index (χ0) is 21.8. The molecular weight excluding hydrogens is 424 g/mol. The summed E-state index contributed by atoms with van der Waals surface area (Å²) in [6, 6.07) is 6.52. The Morgan fingerprint density at radius 3 is 2.75 bits per heavy atom. The lowest BCUT2D eigenvalue weighted by Crippen LogP contribution is -2.45. The van der Waals surface area contributed by atoms with E-state index in [0.29, 0.717) is 0 Å². The molecule has 8 nitrogen and oxygen atoms in total. The van der Waals surface area contributed by atoms with E-state index in [9.17, 15) is 4.79 Å². The lowest BCUT2D eigenvalue weighted by molar-refractivity contribution is -0.119. The summed E-state index contributed by atoms with van der Waals surface area (Å²) >= 11 is 1.45. The molecule has 1 amide bonds. The molecule has 4 heterocycles. The van der Waals surface area contributed by atoms with Crippen molar-refractivity contribution in [3.05, 3.63) is 53.3 Å². The first-order valence-electron chi connectivity index (χ1n) is 11.3. The number of hydrogen-bond donors (Lipinski definition) is 3. The van der Waals surface area contributed by atoms with Crippen LogP contribution >= 0.6 is 11.8 Å². The number of amides is 1. The molecule has 0 aliphatic carbocycles. The Kier molecular flexibility index (Phi) is 6.38. The summed E-state index contributed by atoms with van der Waals surface area (Å²) in [6.45, 7) is 6.32. The van der Waals surface area contributed by atoms with Gasteiger partial charge in [0.25, 0.3) is 5.91 Å². The van der Waals surface area contributed by atoms with E-state index < -0.39 is 4.87 Å². The molecular formula is C23H30N6O2S. The van der Waals surface area contributed by atoms with Gasteiger partial charge in [-0.3, -0.25) is 14.8 Å². The van der Waals surface area contributed by atoms with Crippen molar-refractivity contribution < 1.29 is 9.53 Å². The van der Waals surface area contributed by atoms with Crippen LogP contribution in [0.2, 0.25) is 0 Å². The monoisotopic (exact) mass is 454 g/mol. The molecule has 2 fully saturated rings. The SMILES string of the molecule is O=C(Nc1cc(CN2CCOCC2)ccc1N1CCCCC1)C1(c2cn[nH]c2)NC=CS1. The smallest absolute Gasteiger partial charge is 0.265 e. The Bertz CT molecular complexity index is 943. The number of carbonyl (C=O) groups excluding carboxylic acids is 1. The van der Waals surface area contributed by atoms with Crippen LogP contribution in [0.15, 0.2) is 42.2 Å². The van der Waals surface area contributed by atoms with Crippen molar-refractivity contribution >= 4 is 29.0 Å². The topological polar surface area (TPSA) is 85.5 Å². The summed E-state index contributed by atoms with van der Waals surface area (Å²) in [7, 11) is 0. The van der Waals surface area contributed by atoms with E-state index >= 15 is 0 Å². The summed E-state index contributed by atoms with van der Waals surface area (Å²) < 4.78 is 5.49. The van der Waals surface area contributed by atoms with Crippen LogP contribution in [-0.2, 0) is 20.9 Å². The number of hydrogen-bond acceptors (Lipinski definition) is 7. The van der Waals surface area contributed by atoms with Gasteiger partial charge in [0.1, 0.15) is 0 Å². The zero-order valence-electron chi connectivity index (χ0n) is 18.2. The average molecular weight is 455 g/mol.